The number of aryl methyl sites for hydroxylation is 1. The molecule has 204 valence electrons. The summed E-state index contributed by atoms with van der Waals surface area (Å²) in [6, 6.07) is 11.4. The maximum Gasteiger partial charge on any atom is 0.184 e. The van der Waals surface area contributed by atoms with Crippen molar-refractivity contribution in [2.45, 2.75) is 54.8 Å². The van der Waals surface area contributed by atoms with Gasteiger partial charge >= 0.3 is 0 Å². The Kier molecular flexibility index (Phi) is 7.85. The molecule has 0 saturated carbocycles. The number of nitrogens with two attached hydrogens (primary N) is 1. The van der Waals surface area contributed by atoms with Crippen molar-refractivity contribution in [2.24, 2.45) is 0 Å². The molecule has 1 aromatic carbocycles. The number of benzene rings is 1. The lowest BCUT2D eigenvalue weighted by atomic mass is 9.95. The van der Waals surface area contributed by atoms with Crippen LogP contribution >= 0.6 is 34.7 Å². The van der Waals surface area contributed by atoms with Gasteiger partial charge in [0.05, 0.1) is 23.5 Å². The van der Waals surface area contributed by atoms with E-state index in [4.69, 9.17) is 36.3 Å². The number of rotatable bonds is 7. The number of hydrogen-bond donors (Lipinski definition) is 1. The smallest absolute Gasteiger partial charge is 0.184 e. The minimum atomic E-state index is -0.550. The summed E-state index contributed by atoms with van der Waals surface area (Å²) in [5.41, 5.74) is 8.51. The van der Waals surface area contributed by atoms with Gasteiger partial charge < -0.3 is 24.7 Å². The van der Waals surface area contributed by atoms with Gasteiger partial charge in [-0.15, -0.1) is 16.4 Å². The highest BCUT2D eigenvalue weighted by Gasteiger charge is 2.52. The molecule has 6 atom stereocenters. The molecule has 5 heterocycles. The fourth-order valence-electron chi connectivity index (χ4n) is 4.79. The molecule has 2 fully saturated rings. The van der Waals surface area contributed by atoms with Gasteiger partial charge in [0, 0.05) is 28.6 Å². The zero-order valence-electron chi connectivity index (χ0n) is 21.2. The van der Waals surface area contributed by atoms with Crippen LogP contribution in [-0.4, -0.2) is 61.9 Å². The Balaban J connectivity index is 1.38. The number of halogens is 1. The number of ether oxygens (including phenoxy) is 4. The van der Waals surface area contributed by atoms with Crippen molar-refractivity contribution >= 4 is 39.8 Å². The lowest BCUT2D eigenvalue weighted by Crippen LogP contribution is -2.59. The van der Waals surface area contributed by atoms with Crippen LogP contribution in [0.15, 0.2) is 59.1 Å². The van der Waals surface area contributed by atoms with E-state index in [1.165, 1.54) is 23.1 Å². The minimum absolute atomic E-state index is 0.341. The van der Waals surface area contributed by atoms with Crippen LogP contribution in [0.4, 0.5) is 5.13 Å². The minimum Gasteiger partial charge on any atom is -0.375 e. The maximum absolute atomic E-state index is 6.61. The number of nitrogens with zero attached hydrogens (tertiary/aromatic N) is 5. The molecule has 4 aromatic rings. The predicted octanol–water partition coefficient (Wildman–Crippen LogP) is 4.92. The SMILES string of the molecule is CCOC1C(Sc2cc(Cl)cnc2C)OC2COC(c3ccccc3)OC2C1n1cc(-c2csc(N)n2)nn1. The van der Waals surface area contributed by atoms with Crippen molar-refractivity contribution in [3.05, 3.63) is 70.5 Å². The lowest BCUT2D eigenvalue weighted by molar-refractivity contribution is -0.309. The van der Waals surface area contributed by atoms with Gasteiger partial charge in [-0.05, 0) is 19.9 Å². The molecule has 6 rings (SSSR count). The monoisotopic (exact) mass is 586 g/mol. The zero-order chi connectivity index (χ0) is 26.9. The average Bonchev–Trinajstić information content (AvgIpc) is 3.60. The number of thioether (sulfide) groups is 1. The van der Waals surface area contributed by atoms with Crippen molar-refractivity contribution in [1.29, 1.82) is 0 Å². The number of fused-ring (bicyclic) bond motifs is 1. The van der Waals surface area contributed by atoms with Gasteiger partial charge in [0.25, 0.3) is 0 Å². The molecule has 10 nitrogen and oxygen atoms in total. The Labute approximate surface area is 238 Å². The Morgan fingerprint density at radius 1 is 1.23 bits per heavy atom. The third-order valence-electron chi connectivity index (χ3n) is 6.59. The van der Waals surface area contributed by atoms with E-state index in [0.29, 0.717) is 34.8 Å². The van der Waals surface area contributed by atoms with E-state index in [2.05, 4.69) is 20.3 Å². The first-order valence-corrected chi connectivity index (χ1v) is 14.6. The van der Waals surface area contributed by atoms with E-state index >= 15 is 0 Å². The van der Waals surface area contributed by atoms with Crippen molar-refractivity contribution in [3.8, 4) is 11.4 Å². The Morgan fingerprint density at radius 3 is 2.85 bits per heavy atom. The molecule has 0 amide bonds. The molecule has 0 aliphatic carbocycles. The Morgan fingerprint density at radius 2 is 2.08 bits per heavy atom. The Hall–Kier alpha value is -2.58. The highest BCUT2D eigenvalue weighted by molar-refractivity contribution is 7.99. The summed E-state index contributed by atoms with van der Waals surface area (Å²) in [6.45, 7) is 4.71. The molecule has 0 radical (unpaired) electrons. The fraction of sp³-hybridized carbons (Fsp3) is 0.385. The molecular formula is C26H27ClN6O4S2. The van der Waals surface area contributed by atoms with Crippen LogP contribution in [-0.2, 0) is 18.9 Å². The van der Waals surface area contributed by atoms with Crippen molar-refractivity contribution in [1.82, 2.24) is 25.0 Å². The highest BCUT2D eigenvalue weighted by atomic mass is 35.5. The van der Waals surface area contributed by atoms with Crippen LogP contribution in [0.1, 0.15) is 30.5 Å². The second-order valence-electron chi connectivity index (χ2n) is 9.14. The van der Waals surface area contributed by atoms with E-state index in [1.807, 2.05) is 61.8 Å². The van der Waals surface area contributed by atoms with E-state index in [1.54, 1.807) is 10.9 Å². The maximum atomic E-state index is 6.61. The molecule has 13 heteroatoms. The highest BCUT2D eigenvalue weighted by Crippen LogP contribution is 2.45. The number of thiazole rings is 1. The summed E-state index contributed by atoms with van der Waals surface area (Å²) < 4.78 is 27.5. The van der Waals surface area contributed by atoms with E-state index in [9.17, 15) is 0 Å². The van der Waals surface area contributed by atoms with Gasteiger partial charge in [0.1, 0.15) is 41.2 Å². The molecule has 6 unspecified atom stereocenters. The van der Waals surface area contributed by atoms with Crippen molar-refractivity contribution in [2.75, 3.05) is 18.9 Å². The summed E-state index contributed by atoms with van der Waals surface area (Å²) >= 11 is 9.15. The average molecular weight is 587 g/mol. The van der Waals surface area contributed by atoms with Crippen LogP contribution in [0.5, 0.6) is 0 Å². The molecule has 2 aliphatic heterocycles. The summed E-state index contributed by atoms with van der Waals surface area (Å²) in [6.07, 6.45) is 1.70. The summed E-state index contributed by atoms with van der Waals surface area (Å²) in [5, 5.41) is 11.8. The van der Waals surface area contributed by atoms with Gasteiger partial charge in [-0.25, -0.2) is 9.67 Å². The normalized spacial score (nSPS) is 26.8. The first-order valence-electron chi connectivity index (χ1n) is 12.5. The van der Waals surface area contributed by atoms with Crippen molar-refractivity contribution < 1.29 is 18.9 Å². The molecule has 0 spiro atoms. The topological polar surface area (TPSA) is 119 Å². The predicted molar refractivity (Wildman–Crippen MR) is 149 cm³/mol. The number of nitrogen functional groups attached to an aromatic ring is 1. The zero-order valence-corrected chi connectivity index (χ0v) is 23.6. The Bertz CT molecular complexity index is 1420. The third kappa shape index (κ3) is 5.55. The second-order valence-corrected chi connectivity index (χ2v) is 11.6. The summed E-state index contributed by atoms with van der Waals surface area (Å²) in [4.78, 5) is 9.69. The van der Waals surface area contributed by atoms with Crippen LogP contribution in [0, 0.1) is 6.92 Å². The van der Waals surface area contributed by atoms with Gasteiger partial charge in [-0.1, -0.05) is 58.9 Å². The summed E-state index contributed by atoms with van der Waals surface area (Å²) in [5.74, 6) is 0. The summed E-state index contributed by atoms with van der Waals surface area (Å²) in [7, 11) is 0. The molecule has 39 heavy (non-hydrogen) atoms. The van der Waals surface area contributed by atoms with Crippen LogP contribution < -0.4 is 5.73 Å². The molecule has 2 aliphatic rings. The number of aromatic nitrogens is 5. The first kappa shape index (κ1) is 26.6. The van der Waals surface area contributed by atoms with E-state index < -0.39 is 23.9 Å². The van der Waals surface area contributed by atoms with E-state index in [-0.39, 0.29) is 12.1 Å². The standard InChI is InChI=1S/C26H27ClN6O4S2/c1-3-34-23-21(33-11-17(31-32-33)18-13-38-26(28)30-18)22-19(12-35-24(37-22)15-7-5-4-6-8-15)36-25(23)39-20-9-16(27)10-29-14(20)2/h4-11,13,19,21-25H,3,12H2,1-2H3,(H2,28,30). The van der Waals surface area contributed by atoms with Crippen LogP contribution in [0.25, 0.3) is 11.4 Å². The second kappa shape index (κ2) is 11.5. The van der Waals surface area contributed by atoms with E-state index in [0.717, 1.165) is 16.2 Å². The molecule has 3 aromatic heterocycles. The van der Waals surface area contributed by atoms with Crippen LogP contribution in [0.2, 0.25) is 5.02 Å². The van der Waals surface area contributed by atoms with Gasteiger partial charge in [-0.2, -0.15) is 0 Å². The third-order valence-corrected chi connectivity index (χ3v) is 8.75. The number of hydrogen-bond acceptors (Lipinski definition) is 11. The number of anilines is 1. The van der Waals surface area contributed by atoms with Crippen molar-refractivity contribution in [3.63, 3.8) is 0 Å². The van der Waals surface area contributed by atoms with Crippen LogP contribution in [0.3, 0.4) is 0 Å². The first-order chi connectivity index (χ1) is 19.0. The molecular weight excluding hydrogens is 560 g/mol. The molecule has 0 bridgehead atoms. The van der Waals surface area contributed by atoms with Gasteiger partial charge in [-0.3, -0.25) is 4.98 Å². The lowest BCUT2D eigenvalue weighted by Gasteiger charge is -2.49. The molecule has 2 saturated heterocycles. The number of pyridine rings is 1. The molecule has 2 N–H and O–H groups in total. The van der Waals surface area contributed by atoms with Gasteiger partial charge in [0.2, 0.25) is 0 Å². The quantitative estimate of drug-likeness (QED) is 0.319. The van der Waals surface area contributed by atoms with Gasteiger partial charge in [0.15, 0.2) is 11.4 Å². The largest absolute Gasteiger partial charge is 0.375 e. The fourth-order valence-corrected chi connectivity index (χ4v) is 6.81.